The van der Waals surface area contributed by atoms with Crippen LogP contribution in [0, 0.1) is 25.7 Å². The molecule has 1 N–H and O–H groups in total. The molecule has 6 rings (SSSR count). The van der Waals surface area contributed by atoms with E-state index in [9.17, 15) is 19.5 Å². The predicted molar refractivity (Wildman–Crippen MR) is 155 cm³/mol. The fraction of sp³-hybridized carbons (Fsp3) is 0.424. The van der Waals surface area contributed by atoms with Crippen LogP contribution in [0.2, 0.25) is 0 Å². The summed E-state index contributed by atoms with van der Waals surface area (Å²) in [4.78, 5) is 48.4. The first kappa shape index (κ1) is 27.4. The molecule has 8 nitrogen and oxygen atoms in total. The van der Waals surface area contributed by atoms with Crippen LogP contribution >= 0.6 is 0 Å². The van der Waals surface area contributed by atoms with Crippen molar-refractivity contribution < 1.29 is 24.2 Å². The predicted octanol–water partition coefficient (Wildman–Crippen LogP) is 3.33. The normalized spacial score (nSPS) is 29.8. The third-order valence-corrected chi connectivity index (χ3v) is 9.02. The first-order chi connectivity index (χ1) is 19.8. The Balaban J connectivity index is 1.52. The first-order valence-corrected chi connectivity index (χ1v) is 14.5. The average molecular weight is 556 g/mol. The number of carbonyl (C=O) groups is 3. The number of aryl methyl sites for hydroxylation is 2. The van der Waals surface area contributed by atoms with Gasteiger partial charge < -0.3 is 24.5 Å². The number of aliphatic hydroxyl groups is 1. The summed E-state index contributed by atoms with van der Waals surface area (Å²) in [7, 11) is 0. The summed E-state index contributed by atoms with van der Waals surface area (Å²) in [5.41, 5.74) is 2.09. The standard InChI is InChI=1S/C33H37N3O5/c1-4-16-34-17-8-12-26-27(30(34)38)28-31(39)36(25(20-37)23-10-6-5-7-11-23)29-32(40)35(18-9-15-33(28,29)41-26)24-19-21(2)13-14-22(24)3/h5-15,19,25-29,37H,4,16-18,20H2,1-3H3/t25-,26-,27+,28+,29?,33+/m1/s1. The summed E-state index contributed by atoms with van der Waals surface area (Å²) in [6.45, 7) is 6.92. The third-order valence-electron chi connectivity index (χ3n) is 9.02. The SMILES string of the molecule is CCCN1CC=C[C@H]2O[C@]34C=CCN(c5cc(C)ccc5C)C(=O)C3N([C@H](CO)c3ccccc3)C(=O)[C@@H]4[C@H]2C1=O. The molecule has 0 radical (unpaired) electrons. The first-order valence-electron chi connectivity index (χ1n) is 14.5. The van der Waals surface area contributed by atoms with Crippen LogP contribution in [-0.2, 0) is 19.1 Å². The fourth-order valence-corrected chi connectivity index (χ4v) is 7.19. The Hall–Kier alpha value is -3.75. The molecule has 1 unspecified atom stereocenters. The number of nitrogens with zero attached hydrogens (tertiary/aromatic N) is 3. The molecule has 0 saturated carbocycles. The summed E-state index contributed by atoms with van der Waals surface area (Å²) in [6, 6.07) is 13.4. The van der Waals surface area contributed by atoms with E-state index >= 15 is 0 Å². The van der Waals surface area contributed by atoms with Gasteiger partial charge in [0.15, 0.2) is 0 Å². The minimum Gasteiger partial charge on any atom is -0.394 e. The summed E-state index contributed by atoms with van der Waals surface area (Å²) >= 11 is 0. The molecule has 214 valence electrons. The molecule has 4 aliphatic rings. The fourth-order valence-electron chi connectivity index (χ4n) is 7.19. The summed E-state index contributed by atoms with van der Waals surface area (Å²) in [5, 5.41) is 10.7. The number of ether oxygens (including phenoxy) is 1. The van der Waals surface area contributed by atoms with Gasteiger partial charge >= 0.3 is 0 Å². The van der Waals surface area contributed by atoms with E-state index in [2.05, 4.69) is 0 Å². The Labute approximate surface area is 240 Å². The minimum absolute atomic E-state index is 0.130. The number of amides is 3. The van der Waals surface area contributed by atoms with Crippen molar-refractivity contribution in [2.24, 2.45) is 11.8 Å². The van der Waals surface area contributed by atoms with Crippen molar-refractivity contribution in [2.75, 3.05) is 31.1 Å². The summed E-state index contributed by atoms with van der Waals surface area (Å²) < 4.78 is 6.76. The van der Waals surface area contributed by atoms with Gasteiger partial charge in [-0.3, -0.25) is 14.4 Å². The van der Waals surface area contributed by atoms with Crippen molar-refractivity contribution in [1.29, 1.82) is 0 Å². The molecule has 4 aliphatic heterocycles. The largest absolute Gasteiger partial charge is 0.394 e. The Morgan fingerprint density at radius 3 is 2.51 bits per heavy atom. The van der Waals surface area contributed by atoms with Gasteiger partial charge in [0.25, 0.3) is 5.91 Å². The van der Waals surface area contributed by atoms with Crippen molar-refractivity contribution in [3.05, 3.63) is 89.5 Å². The topological polar surface area (TPSA) is 90.4 Å². The van der Waals surface area contributed by atoms with Gasteiger partial charge in [-0.2, -0.15) is 0 Å². The molecule has 2 aromatic carbocycles. The highest BCUT2D eigenvalue weighted by Crippen LogP contribution is 2.55. The van der Waals surface area contributed by atoms with E-state index in [-0.39, 0.29) is 24.3 Å². The molecule has 41 heavy (non-hydrogen) atoms. The van der Waals surface area contributed by atoms with Gasteiger partial charge in [0.1, 0.15) is 11.6 Å². The molecule has 0 aliphatic carbocycles. The number of fused-ring (bicyclic) bond motifs is 2. The molecule has 2 aromatic rings. The Bertz CT molecular complexity index is 1420. The molecule has 8 heteroatoms. The zero-order valence-electron chi connectivity index (χ0n) is 23.8. The van der Waals surface area contributed by atoms with Crippen molar-refractivity contribution in [2.45, 2.75) is 51.0 Å². The number of carbonyl (C=O) groups excluding carboxylic acids is 3. The third kappa shape index (κ3) is 4.23. The van der Waals surface area contributed by atoms with Crippen LogP contribution in [0.5, 0.6) is 0 Å². The van der Waals surface area contributed by atoms with Crippen LogP contribution in [0.4, 0.5) is 5.69 Å². The summed E-state index contributed by atoms with van der Waals surface area (Å²) in [6.07, 6.45) is 7.72. The Morgan fingerprint density at radius 2 is 1.78 bits per heavy atom. The number of hydrogen-bond acceptors (Lipinski definition) is 5. The lowest BCUT2D eigenvalue weighted by molar-refractivity contribution is -0.147. The van der Waals surface area contributed by atoms with Crippen LogP contribution in [0.15, 0.2) is 72.8 Å². The van der Waals surface area contributed by atoms with E-state index in [1.807, 2.05) is 93.6 Å². The van der Waals surface area contributed by atoms with Gasteiger partial charge in [-0.1, -0.05) is 73.7 Å². The van der Waals surface area contributed by atoms with Gasteiger partial charge in [-0.25, -0.2) is 0 Å². The van der Waals surface area contributed by atoms with Gasteiger partial charge in [0.2, 0.25) is 11.8 Å². The van der Waals surface area contributed by atoms with Crippen LogP contribution in [0.25, 0.3) is 0 Å². The second-order valence-corrected chi connectivity index (χ2v) is 11.6. The van der Waals surface area contributed by atoms with Crippen LogP contribution in [0.1, 0.15) is 36.1 Å². The van der Waals surface area contributed by atoms with E-state index in [1.165, 1.54) is 4.90 Å². The lowest BCUT2D eigenvalue weighted by Crippen LogP contribution is -2.56. The maximum Gasteiger partial charge on any atom is 0.253 e. The zero-order chi connectivity index (χ0) is 28.9. The van der Waals surface area contributed by atoms with E-state index in [1.54, 1.807) is 9.80 Å². The van der Waals surface area contributed by atoms with Gasteiger partial charge in [-0.15, -0.1) is 0 Å². The lowest BCUT2D eigenvalue weighted by Gasteiger charge is -2.39. The van der Waals surface area contributed by atoms with E-state index in [0.29, 0.717) is 25.2 Å². The van der Waals surface area contributed by atoms with E-state index < -0.39 is 35.6 Å². The maximum absolute atomic E-state index is 14.8. The molecule has 2 fully saturated rings. The molecular formula is C33H37N3O5. The van der Waals surface area contributed by atoms with Crippen LogP contribution < -0.4 is 4.90 Å². The molecule has 2 saturated heterocycles. The highest BCUT2D eigenvalue weighted by molar-refractivity contribution is 6.06. The van der Waals surface area contributed by atoms with Crippen molar-refractivity contribution in [3.8, 4) is 0 Å². The highest BCUT2D eigenvalue weighted by Gasteiger charge is 2.72. The zero-order valence-corrected chi connectivity index (χ0v) is 23.8. The molecule has 0 aromatic heterocycles. The Kier molecular flexibility index (Phi) is 7.08. The second kappa shape index (κ2) is 10.6. The van der Waals surface area contributed by atoms with Crippen LogP contribution in [0.3, 0.4) is 0 Å². The number of hydrogen-bond donors (Lipinski definition) is 1. The van der Waals surface area contributed by atoms with Crippen LogP contribution in [-0.4, -0.2) is 76.6 Å². The van der Waals surface area contributed by atoms with E-state index in [0.717, 1.165) is 23.2 Å². The van der Waals surface area contributed by atoms with Crippen molar-refractivity contribution in [1.82, 2.24) is 9.80 Å². The lowest BCUT2D eigenvalue weighted by atomic mass is 9.77. The molecule has 4 heterocycles. The quantitative estimate of drug-likeness (QED) is 0.553. The van der Waals surface area contributed by atoms with Gasteiger partial charge in [-0.05, 0) is 43.0 Å². The average Bonchev–Trinajstić information content (AvgIpc) is 3.29. The monoisotopic (exact) mass is 555 g/mol. The van der Waals surface area contributed by atoms with E-state index in [4.69, 9.17) is 4.74 Å². The number of aliphatic hydroxyl groups excluding tert-OH is 1. The highest BCUT2D eigenvalue weighted by atomic mass is 16.5. The molecule has 0 bridgehead atoms. The minimum atomic E-state index is -1.35. The number of rotatable bonds is 6. The van der Waals surface area contributed by atoms with Gasteiger partial charge in [0, 0.05) is 25.3 Å². The number of anilines is 1. The Morgan fingerprint density at radius 1 is 1.00 bits per heavy atom. The molecule has 1 spiro atoms. The second-order valence-electron chi connectivity index (χ2n) is 11.6. The number of benzene rings is 2. The van der Waals surface area contributed by atoms with Crippen molar-refractivity contribution in [3.63, 3.8) is 0 Å². The molecular weight excluding hydrogens is 518 g/mol. The molecule has 3 amide bonds. The summed E-state index contributed by atoms with van der Waals surface area (Å²) in [5.74, 6) is -2.42. The van der Waals surface area contributed by atoms with Crippen molar-refractivity contribution >= 4 is 23.4 Å². The maximum atomic E-state index is 14.8. The smallest absolute Gasteiger partial charge is 0.253 e. The number of likely N-dealkylation sites (tertiary alicyclic amines) is 1. The van der Waals surface area contributed by atoms with Gasteiger partial charge in [0.05, 0.1) is 30.6 Å². The molecule has 6 atom stereocenters.